The Labute approximate surface area is 428 Å². The highest BCUT2D eigenvalue weighted by molar-refractivity contribution is 5.71. The lowest BCUT2D eigenvalue weighted by molar-refractivity contribution is -0.167. The second-order valence-electron chi connectivity index (χ2n) is 19.9. The number of allylic oxidation sites excluding steroid dienone is 10. The third kappa shape index (κ3) is 55.9. The van der Waals surface area contributed by atoms with Crippen LogP contribution in [0.4, 0.5) is 0 Å². The predicted octanol–water partition coefficient (Wildman–Crippen LogP) is 20.0. The van der Waals surface area contributed by atoms with Crippen LogP contribution in [0.1, 0.15) is 303 Å². The molecule has 0 aliphatic rings. The van der Waals surface area contributed by atoms with Gasteiger partial charge in [0.2, 0.25) is 0 Å². The van der Waals surface area contributed by atoms with Gasteiger partial charge in [0, 0.05) is 19.3 Å². The molecule has 0 heterocycles. The first-order valence-electron chi connectivity index (χ1n) is 29.8. The van der Waals surface area contributed by atoms with Crippen LogP contribution in [0.15, 0.2) is 60.8 Å². The summed E-state index contributed by atoms with van der Waals surface area (Å²) >= 11 is 0. The van der Waals surface area contributed by atoms with Crippen LogP contribution >= 0.6 is 0 Å². The molecule has 0 aromatic rings. The third-order valence-electron chi connectivity index (χ3n) is 13.0. The topological polar surface area (TPSA) is 78.9 Å². The molecule has 0 rings (SSSR count). The minimum atomic E-state index is -0.787. The van der Waals surface area contributed by atoms with Gasteiger partial charge >= 0.3 is 17.9 Å². The fraction of sp³-hybridized carbons (Fsp3) is 0.794. The van der Waals surface area contributed by atoms with E-state index in [-0.39, 0.29) is 31.1 Å². The van der Waals surface area contributed by atoms with Gasteiger partial charge in [0.15, 0.2) is 6.10 Å². The Morgan fingerprint density at radius 3 is 0.884 bits per heavy atom. The maximum absolute atomic E-state index is 12.8. The third-order valence-corrected chi connectivity index (χ3v) is 13.0. The Morgan fingerprint density at radius 1 is 0.304 bits per heavy atom. The van der Waals surface area contributed by atoms with Crippen molar-refractivity contribution in [2.24, 2.45) is 0 Å². The summed E-state index contributed by atoms with van der Waals surface area (Å²) in [6, 6.07) is 0. The van der Waals surface area contributed by atoms with Gasteiger partial charge in [-0.25, -0.2) is 0 Å². The van der Waals surface area contributed by atoms with E-state index >= 15 is 0 Å². The average Bonchev–Trinajstić information content (AvgIpc) is 3.35. The molecule has 0 bridgehead atoms. The molecule has 0 N–H and O–H groups in total. The molecule has 0 saturated heterocycles. The van der Waals surface area contributed by atoms with Crippen LogP contribution in [0.5, 0.6) is 0 Å². The zero-order valence-electron chi connectivity index (χ0n) is 45.8. The highest BCUT2D eigenvalue weighted by Gasteiger charge is 2.19. The summed E-state index contributed by atoms with van der Waals surface area (Å²) in [6.45, 7) is 6.45. The second kappa shape index (κ2) is 57.7. The van der Waals surface area contributed by atoms with Gasteiger partial charge in [-0.3, -0.25) is 14.4 Å². The number of hydrogen-bond donors (Lipinski definition) is 0. The molecule has 0 aliphatic carbocycles. The van der Waals surface area contributed by atoms with Gasteiger partial charge in [0.25, 0.3) is 0 Å². The van der Waals surface area contributed by atoms with E-state index in [1.807, 2.05) is 0 Å². The van der Waals surface area contributed by atoms with Crippen molar-refractivity contribution in [1.82, 2.24) is 0 Å². The van der Waals surface area contributed by atoms with Crippen molar-refractivity contribution in [2.75, 3.05) is 13.2 Å². The van der Waals surface area contributed by atoms with Gasteiger partial charge in [-0.1, -0.05) is 281 Å². The SMILES string of the molecule is CC/C=C\C/C=C\C/C=C\C/C=C\C/C=C\CCCCCC(=O)OC(COC(=O)CCCCCCC)COC(=O)CCCCCCCCCCCCCCCCCCCCCCCCCCCCC. The number of hydrogen-bond acceptors (Lipinski definition) is 6. The van der Waals surface area contributed by atoms with Gasteiger partial charge in [0.1, 0.15) is 13.2 Å². The molecule has 0 saturated carbocycles. The minimum Gasteiger partial charge on any atom is -0.462 e. The van der Waals surface area contributed by atoms with Crippen molar-refractivity contribution in [3.05, 3.63) is 60.8 Å². The summed E-state index contributed by atoms with van der Waals surface area (Å²) in [6.07, 6.45) is 72.8. The van der Waals surface area contributed by atoms with Crippen molar-refractivity contribution >= 4 is 17.9 Å². The molecular weight excluding hydrogens is 853 g/mol. The number of carbonyl (C=O) groups is 3. The van der Waals surface area contributed by atoms with Crippen molar-refractivity contribution < 1.29 is 28.6 Å². The van der Waals surface area contributed by atoms with Gasteiger partial charge in [-0.15, -0.1) is 0 Å². The van der Waals surface area contributed by atoms with E-state index in [9.17, 15) is 14.4 Å². The van der Waals surface area contributed by atoms with E-state index in [4.69, 9.17) is 14.2 Å². The molecule has 0 radical (unpaired) electrons. The predicted molar refractivity (Wildman–Crippen MR) is 298 cm³/mol. The summed E-state index contributed by atoms with van der Waals surface area (Å²) in [5.74, 6) is -0.922. The average molecular weight is 966 g/mol. The Hall–Kier alpha value is -2.89. The van der Waals surface area contributed by atoms with Crippen LogP contribution < -0.4 is 0 Å². The summed E-state index contributed by atoms with van der Waals surface area (Å²) < 4.78 is 16.7. The molecule has 0 fully saturated rings. The largest absolute Gasteiger partial charge is 0.462 e. The van der Waals surface area contributed by atoms with Crippen LogP contribution in [-0.2, 0) is 28.6 Å². The van der Waals surface area contributed by atoms with Crippen molar-refractivity contribution in [3.8, 4) is 0 Å². The van der Waals surface area contributed by atoms with Crippen LogP contribution in [0.25, 0.3) is 0 Å². The van der Waals surface area contributed by atoms with Gasteiger partial charge in [-0.05, 0) is 64.2 Å². The molecule has 69 heavy (non-hydrogen) atoms. The molecule has 1 unspecified atom stereocenters. The summed E-state index contributed by atoms with van der Waals surface area (Å²) in [5.41, 5.74) is 0. The van der Waals surface area contributed by atoms with E-state index in [0.29, 0.717) is 19.3 Å². The number of ether oxygens (including phenoxy) is 3. The smallest absolute Gasteiger partial charge is 0.306 e. The molecule has 0 spiro atoms. The molecular formula is C63H112O6. The monoisotopic (exact) mass is 965 g/mol. The maximum Gasteiger partial charge on any atom is 0.306 e. The molecule has 400 valence electrons. The van der Waals surface area contributed by atoms with E-state index in [2.05, 4.69) is 81.5 Å². The lowest BCUT2D eigenvalue weighted by Crippen LogP contribution is -2.30. The fourth-order valence-electron chi connectivity index (χ4n) is 8.59. The van der Waals surface area contributed by atoms with Crippen molar-refractivity contribution in [1.29, 1.82) is 0 Å². The number of rotatable bonds is 54. The van der Waals surface area contributed by atoms with Crippen LogP contribution in [-0.4, -0.2) is 37.2 Å². The van der Waals surface area contributed by atoms with Crippen LogP contribution in [0, 0.1) is 0 Å². The highest BCUT2D eigenvalue weighted by atomic mass is 16.6. The number of carbonyl (C=O) groups excluding carboxylic acids is 3. The molecule has 6 heteroatoms. The fourth-order valence-corrected chi connectivity index (χ4v) is 8.59. The molecule has 0 amide bonds. The Kier molecular flexibility index (Phi) is 55.3. The zero-order valence-corrected chi connectivity index (χ0v) is 45.8. The van der Waals surface area contributed by atoms with E-state index in [0.717, 1.165) is 103 Å². The highest BCUT2D eigenvalue weighted by Crippen LogP contribution is 2.17. The summed E-state index contributed by atoms with van der Waals surface area (Å²) in [5, 5.41) is 0. The summed E-state index contributed by atoms with van der Waals surface area (Å²) in [4.78, 5) is 37.8. The Balaban J connectivity index is 4.05. The first kappa shape index (κ1) is 66.1. The normalized spacial score (nSPS) is 12.4. The Morgan fingerprint density at radius 2 is 0.565 bits per heavy atom. The minimum absolute atomic E-state index is 0.0854. The lowest BCUT2D eigenvalue weighted by atomic mass is 10.0. The van der Waals surface area contributed by atoms with E-state index in [1.54, 1.807) is 0 Å². The zero-order chi connectivity index (χ0) is 50.0. The van der Waals surface area contributed by atoms with Crippen LogP contribution in [0.2, 0.25) is 0 Å². The van der Waals surface area contributed by atoms with E-state index in [1.165, 1.54) is 161 Å². The molecule has 0 aliphatic heterocycles. The number of unbranched alkanes of at least 4 members (excludes halogenated alkanes) is 33. The second-order valence-corrected chi connectivity index (χ2v) is 19.9. The van der Waals surface area contributed by atoms with Gasteiger partial charge in [-0.2, -0.15) is 0 Å². The number of esters is 3. The first-order valence-corrected chi connectivity index (χ1v) is 29.8. The molecule has 0 aromatic carbocycles. The standard InChI is InChI=1S/C63H112O6/c1-4-7-10-13-15-17-19-21-23-25-27-28-29-30-31-32-33-34-36-37-39-41-43-45-47-50-53-56-62(65)68-59-60(58-67-61(64)55-52-49-12-9-6-3)69-63(66)57-54-51-48-46-44-42-40-38-35-26-24-22-20-18-16-14-11-8-5-2/h8,11,16,18,22,24,35,38,42,44,60H,4-7,9-10,12-15,17,19-21,23,25-34,36-37,39-41,43,45-59H2,1-3H3/b11-8-,18-16-,24-22-,38-35-,44-42-. The van der Waals surface area contributed by atoms with Crippen LogP contribution in [0.3, 0.4) is 0 Å². The molecule has 0 aromatic heterocycles. The van der Waals surface area contributed by atoms with Gasteiger partial charge in [0.05, 0.1) is 0 Å². The first-order chi connectivity index (χ1) is 34.0. The summed E-state index contributed by atoms with van der Waals surface area (Å²) in [7, 11) is 0. The molecule has 6 nitrogen and oxygen atoms in total. The van der Waals surface area contributed by atoms with Crippen molar-refractivity contribution in [2.45, 2.75) is 309 Å². The van der Waals surface area contributed by atoms with Gasteiger partial charge < -0.3 is 14.2 Å². The van der Waals surface area contributed by atoms with Crippen molar-refractivity contribution in [3.63, 3.8) is 0 Å². The lowest BCUT2D eigenvalue weighted by Gasteiger charge is -2.18. The maximum atomic E-state index is 12.8. The molecule has 1 atom stereocenters. The Bertz CT molecular complexity index is 1250. The quantitative estimate of drug-likeness (QED) is 0.0262. The van der Waals surface area contributed by atoms with E-state index < -0.39 is 6.10 Å².